The third kappa shape index (κ3) is 5.35. The Morgan fingerprint density at radius 2 is 1.77 bits per heavy atom. The van der Waals surface area contributed by atoms with Gasteiger partial charge in [0.15, 0.2) is 0 Å². The molecule has 0 aliphatic carbocycles. The van der Waals surface area contributed by atoms with Gasteiger partial charge in [0, 0.05) is 45.4 Å². The fourth-order valence-electron chi connectivity index (χ4n) is 5.19. The second-order valence-electron chi connectivity index (χ2n) is 9.89. The second kappa shape index (κ2) is 11.1. The highest BCUT2D eigenvalue weighted by molar-refractivity contribution is 6.26. The number of nitrogen functional groups attached to an aromatic ring is 1. The predicted octanol–water partition coefficient (Wildman–Crippen LogP) is 0.523. The van der Waals surface area contributed by atoms with E-state index < -0.39 is 35.6 Å². The van der Waals surface area contributed by atoms with E-state index in [1.165, 1.54) is 18.2 Å². The van der Waals surface area contributed by atoms with Crippen LogP contribution in [0.5, 0.6) is 0 Å². The zero-order valence-corrected chi connectivity index (χ0v) is 21.7. The molecule has 5 rings (SSSR count). The number of rotatable bonds is 7. The normalized spacial score (nSPS) is 19.0. The van der Waals surface area contributed by atoms with E-state index in [1.807, 2.05) is 6.07 Å². The summed E-state index contributed by atoms with van der Waals surface area (Å²) in [6.45, 7) is 2.45. The van der Waals surface area contributed by atoms with Crippen molar-refractivity contribution in [2.24, 2.45) is 0 Å². The maximum atomic E-state index is 13.2. The summed E-state index contributed by atoms with van der Waals surface area (Å²) < 4.78 is 0. The molecule has 4 N–H and O–H groups in total. The summed E-state index contributed by atoms with van der Waals surface area (Å²) >= 11 is 0. The highest BCUT2D eigenvalue weighted by Gasteiger charge is 2.45. The molecule has 40 heavy (non-hydrogen) atoms. The maximum Gasteiger partial charge on any atom is 0.264 e. The van der Waals surface area contributed by atoms with Gasteiger partial charge in [0.25, 0.3) is 11.8 Å². The maximum absolute atomic E-state index is 13.2. The number of nitrogens with zero attached hydrogens (tertiary/aromatic N) is 4. The van der Waals surface area contributed by atoms with Crippen LogP contribution in [-0.2, 0) is 19.2 Å². The molecule has 13 nitrogen and oxygen atoms in total. The lowest BCUT2D eigenvalue weighted by atomic mass is 10.0. The summed E-state index contributed by atoms with van der Waals surface area (Å²) in [5, 5.41) is 4.83. The molecule has 2 aromatic rings. The minimum absolute atomic E-state index is 0.01000. The molecule has 2 saturated heterocycles. The molecule has 1 atom stereocenters. The highest BCUT2D eigenvalue weighted by atomic mass is 16.2. The molecule has 3 aliphatic heterocycles. The van der Waals surface area contributed by atoms with Gasteiger partial charge in [-0.15, -0.1) is 0 Å². The van der Waals surface area contributed by atoms with E-state index in [4.69, 9.17) is 5.73 Å². The monoisotopic (exact) mass is 547 g/mol. The van der Waals surface area contributed by atoms with Crippen LogP contribution >= 0.6 is 0 Å². The number of piperazine rings is 1. The van der Waals surface area contributed by atoms with Crippen LogP contribution < -0.4 is 21.3 Å². The summed E-state index contributed by atoms with van der Waals surface area (Å²) in [5.74, 6) is -2.50. The number of fused-ring (bicyclic) bond motifs is 1. The zero-order chi connectivity index (χ0) is 28.4. The van der Waals surface area contributed by atoms with Crippen LogP contribution in [0.25, 0.3) is 0 Å². The van der Waals surface area contributed by atoms with Crippen molar-refractivity contribution in [2.45, 2.75) is 38.1 Å². The van der Waals surface area contributed by atoms with Crippen molar-refractivity contribution >= 4 is 52.6 Å². The first-order chi connectivity index (χ1) is 19.2. The first kappa shape index (κ1) is 26.8. The molecule has 1 unspecified atom stereocenters. The Bertz CT molecular complexity index is 1380. The van der Waals surface area contributed by atoms with Crippen molar-refractivity contribution in [1.82, 2.24) is 20.1 Å². The minimum Gasteiger partial charge on any atom is -0.384 e. The number of aromatic nitrogens is 1. The van der Waals surface area contributed by atoms with Gasteiger partial charge in [-0.05, 0) is 37.1 Å². The smallest absolute Gasteiger partial charge is 0.264 e. The summed E-state index contributed by atoms with van der Waals surface area (Å²) in [6, 6.07) is 7.05. The van der Waals surface area contributed by atoms with Crippen LogP contribution in [0, 0.1) is 0 Å². The molecule has 0 radical (unpaired) electrons. The summed E-state index contributed by atoms with van der Waals surface area (Å²) in [7, 11) is 0. The number of nitrogens with one attached hydrogen (secondary N) is 2. The van der Waals surface area contributed by atoms with Gasteiger partial charge in [0.2, 0.25) is 23.6 Å². The Balaban J connectivity index is 1.12. The van der Waals surface area contributed by atoms with Gasteiger partial charge in [-0.3, -0.25) is 39.0 Å². The number of hydrogen-bond donors (Lipinski definition) is 3. The Morgan fingerprint density at radius 3 is 2.48 bits per heavy atom. The van der Waals surface area contributed by atoms with Crippen molar-refractivity contribution in [3.8, 4) is 0 Å². The van der Waals surface area contributed by atoms with Gasteiger partial charge < -0.3 is 20.9 Å². The number of hydrogen-bond acceptors (Lipinski definition) is 9. The summed E-state index contributed by atoms with van der Waals surface area (Å²) in [4.78, 5) is 84.1. The number of anilines is 3. The Kier molecular flexibility index (Phi) is 7.45. The number of pyridine rings is 1. The average molecular weight is 548 g/mol. The van der Waals surface area contributed by atoms with Gasteiger partial charge in [0.05, 0.1) is 28.7 Å². The van der Waals surface area contributed by atoms with Crippen LogP contribution in [0.3, 0.4) is 0 Å². The Hall–Kier alpha value is -4.81. The molecule has 0 saturated carbocycles. The lowest BCUT2D eigenvalue weighted by Gasteiger charge is -2.36. The molecule has 0 bridgehead atoms. The SMILES string of the molecule is Nc1ccc(N2CCN(C(=O)CCCC(=O)Nc3cccc4c3C(=O)N(C3CCC(=O)NC3=O)C4=O)CC2)cn1. The van der Waals surface area contributed by atoms with Crippen LogP contribution in [0.2, 0.25) is 0 Å². The topological polar surface area (TPSA) is 175 Å². The quantitative estimate of drug-likeness (QED) is 0.417. The molecule has 4 heterocycles. The second-order valence-corrected chi connectivity index (χ2v) is 9.89. The first-order valence-corrected chi connectivity index (χ1v) is 13.1. The molecule has 3 aliphatic rings. The largest absolute Gasteiger partial charge is 0.384 e. The van der Waals surface area contributed by atoms with Crippen LogP contribution in [0.15, 0.2) is 36.5 Å². The van der Waals surface area contributed by atoms with Gasteiger partial charge in [0.1, 0.15) is 11.9 Å². The molecule has 2 fully saturated rings. The molecule has 13 heteroatoms. The van der Waals surface area contributed by atoms with E-state index >= 15 is 0 Å². The predicted molar refractivity (Wildman–Crippen MR) is 143 cm³/mol. The van der Waals surface area contributed by atoms with E-state index in [9.17, 15) is 28.8 Å². The van der Waals surface area contributed by atoms with Crippen molar-refractivity contribution < 1.29 is 28.8 Å². The molecule has 208 valence electrons. The van der Waals surface area contributed by atoms with Crippen molar-refractivity contribution in [1.29, 1.82) is 0 Å². The van der Waals surface area contributed by atoms with Crippen LogP contribution in [0.4, 0.5) is 17.2 Å². The fourth-order valence-corrected chi connectivity index (χ4v) is 5.19. The number of benzene rings is 1. The van der Waals surface area contributed by atoms with Gasteiger partial charge in [-0.1, -0.05) is 6.07 Å². The number of piperidine rings is 1. The molecule has 1 aromatic heterocycles. The zero-order valence-electron chi connectivity index (χ0n) is 21.7. The lowest BCUT2D eigenvalue weighted by molar-refractivity contribution is -0.136. The number of carbonyl (C=O) groups excluding carboxylic acids is 6. The number of nitrogens with two attached hydrogens (primary N) is 1. The highest BCUT2D eigenvalue weighted by Crippen LogP contribution is 2.32. The van der Waals surface area contributed by atoms with E-state index in [0.29, 0.717) is 38.4 Å². The van der Waals surface area contributed by atoms with Crippen molar-refractivity contribution in [3.63, 3.8) is 0 Å². The van der Waals surface area contributed by atoms with E-state index in [-0.39, 0.29) is 48.4 Å². The first-order valence-electron chi connectivity index (χ1n) is 13.1. The Labute approximate surface area is 229 Å². The van der Waals surface area contributed by atoms with E-state index in [1.54, 1.807) is 17.2 Å². The third-order valence-electron chi connectivity index (χ3n) is 7.30. The Morgan fingerprint density at radius 1 is 1.00 bits per heavy atom. The number of imide groups is 2. The summed E-state index contributed by atoms with van der Waals surface area (Å²) in [5.41, 5.74) is 6.84. The minimum atomic E-state index is -1.09. The lowest BCUT2D eigenvalue weighted by Crippen LogP contribution is -2.54. The number of carbonyl (C=O) groups is 6. The van der Waals surface area contributed by atoms with Crippen LogP contribution in [-0.4, -0.2) is 82.4 Å². The third-order valence-corrected chi connectivity index (χ3v) is 7.30. The average Bonchev–Trinajstić information content (AvgIpc) is 3.19. The van der Waals surface area contributed by atoms with Crippen LogP contribution in [0.1, 0.15) is 52.8 Å². The molecule has 6 amide bonds. The molecular formula is C27H29N7O6. The van der Waals surface area contributed by atoms with E-state index in [2.05, 4.69) is 20.5 Å². The standard InChI is InChI=1S/C27H29N7O6/c28-20-9-7-16(15-29-20)32-11-13-33(14-12-32)23(37)6-2-5-21(35)30-18-4-1-3-17-24(18)27(40)34(26(17)39)19-8-10-22(36)31-25(19)38/h1,3-4,7,9,15,19H,2,5-6,8,10-14H2,(H2,28,29)(H,30,35)(H,31,36,38). The summed E-state index contributed by atoms with van der Waals surface area (Å²) in [6.07, 6.45) is 2.33. The number of amides is 6. The van der Waals surface area contributed by atoms with Crippen molar-refractivity contribution in [2.75, 3.05) is 42.1 Å². The molecule has 0 spiro atoms. The van der Waals surface area contributed by atoms with Crippen molar-refractivity contribution in [3.05, 3.63) is 47.7 Å². The van der Waals surface area contributed by atoms with Gasteiger partial charge in [-0.2, -0.15) is 0 Å². The van der Waals surface area contributed by atoms with Gasteiger partial charge in [-0.25, -0.2) is 4.98 Å². The molecule has 1 aromatic carbocycles. The molecular weight excluding hydrogens is 518 g/mol. The van der Waals surface area contributed by atoms with E-state index in [0.717, 1.165) is 10.6 Å². The fraction of sp³-hybridized carbons (Fsp3) is 0.370. The van der Waals surface area contributed by atoms with Gasteiger partial charge >= 0.3 is 0 Å².